The van der Waals surface area contributed by atoms with Crippen molar-refractivity contribution in [3.8, 4) is 5.75 Å². The lowest BCUT2D eigenvalue weighted by Crippen LogP contribution is -2.13. The maximum atomic E-state index is 6.24. The number of aromatic nitrogens is 1. The highest BCUT2D eigenvalue weighted by Gasteiger charge is 2.11. The maximum Gasteiger partial charge on any atom is 0.142 e. The molecule has 1 aromatic carbocycles. The molecule has 0 saturated carbocycles. The number of hydrogen-bond acceptors (Lipinski definition) is 3. The van der Waals surface area contributed by atoms with Crippen molar-refractivity contribution in [2.24, 2.45) is 0 Å². The Kier molecular flexibility index (Phi) is 6.12. The van der Waals surface area contributed by atoms with Gasteiger partial charge in [0.25, 0.3) is 0 Å². The lowest BCUT2D eigenvalue weighted by atomic mass is 10.2. The summed E-state index contributed by atoms with van der Waals surface area (Å²) in [5.41, 5.74) is 1.77. The highest BCUT2D eigenvalue weighted by molar-refractivity contribution is 6.35. The topological polar surface area (TPSA) is 34.1 Å². The molecule has 1 aromatic heterocycles. The molecular weight excluding hydrogens is 331 g/mol. The molecule has 1 N–H and O–H groups in total. The summed E-state index contributed by atoms with van der Waals surface area (Å²) in [5, 5.41) is 4.87. The predicted octanol–water partition coefficient (Wildman–Crippen LogP) is 4.73. The fraction of sp³-hybridized carbons (Fsp3) is 0.267. The predicted molar refractivity (Wildman–Crippen MR) is 87.4 cm³/mol. The third-order valence-corrected chi connectivity index (χ3v) is 3.72. The van der Waals surface area contributed by atoms with Crippen LogP contribution in [0.3, 0.4) is 0 Å². The third-order valence-electron chi connectivity index (χ3n) is 2.88. The lowest BCUT2D eigenvalue weighted by Gasteiger charge is -2.14. The van der Waals surface area contributed by atoms with E-state index in [1.165, 1.54) is 0 Å². The Balaban J connectivity index is 2.20. The molecule has 3 nitrogen and oxygen atoms in total. The Morgan fingerprint density at radius 3 is 2.67 bits per heavy atom. The molecule has 0 amide bonds. The van der Waals surface area contributed by atoms with Crippen molar-refractivity contribution in [2.45, 2.75) is 20.1 Å². The van der Waals surface area contributed by atoms with Crippen LogP contribution >= 0.6 is 34.8 Å². The van der Waals surface area contributed by atoms with Crippen LogP contribution in [0.2, 0.25) is 15.1 Å². The van der Waals surface area contributed by atoms with Crippen LogP contribution in [0.1, 0.15) is 18.1 Å². The largest absolute Gasteiger partial charge is 0.487 e. The smallest absolute Gasteiger partial charge is 0.142 e. The van der Waals surface area contributed by atoms with E-state index in [9.17, 15) is 0 Å². The summed E-state index contributed by atoms with van der Waals surface area (Å²) < 4.78 is 5.84. The number of benzene rings is 1. The van der Waals surface area contributed by atoms with Crippen molar-refractivity contribution in [1.29, 1.82) is 0 Å². The van der Waals surface area contributed by atoms with Crippen molar-refractivity contribution in [2.75, 3.05) is 6.54 Å². The molecule has 0 bridgehead atoms. The summed E-state index contributed by atoms with van der Waals surface area (Å²) in [6.07, 6.45) is 3.26. The second-order valence-electron chi connectivity index (χ2n) is 4.41. The molecule has 2 aromatic rings. The van der Waals surface area contributed by atoms with Gasteiger partial charge in [0, 0.05) is 35.1 Å². The van der Waals surface area contributed by atoms with Gasteiger partial charge in [0.1, 0.15) is 12.4 Å². The average Bonchev–Trinajstić information content (AvgIpc) is 2.45. The van der Waals surface area contributed by atoms with Crippen molar-refractivity contribution >= 4 is 34.8 Å². The molecule has 21 heavy (non-hydrogen) atoms. The highest BCUT2D eigenvalue weighted by atomic mass is 35.5. The van der Waals surface area contributed by atoms with Crippen LogP contribution in [0.5, 0.6) is 5.75 Å². The molecule has 1 heterocycles. The molecular formula is C15H15Cl3N2O. The molecule has 2 rings (SSSR count). The van der Waals surface area contributed by atoms with Gasteiger partial charge >= 0.3 is 0 Å². The van der Waals surface area contributed by atoms with E-state index in [0.29, 0.717) is 34.0 Å². The van der Waals surface area contributed by atoms with Gasteiger partial charge in [-0.3, -0.25) is 4.98 Å². The van der Waals surface area contributed by atoms with Crippen LogP contribution < -0.4 is 10.1 Å². The molecule has 0 spiro atoms. The molecule has 0 fully saturated rings. The van der Waals surface area contributed by atoms with E-state index in [-0.39, 0.29) is 0 Å². The van der Waals surface area contributed by atoms with Crippen molar-refractivity contribution < 1.29 is 4.74 Å². The molecule has 0 radical (unpaired) electrons. The summed E-state index contributed by atoms with van der Waals surface area (Å²) in [4.78, 5) is 3.95. The molecule has 0 saturated heterocycles. The van der Waals surface area contributed by atoms with Crippen LogP contribution in [0, 0.1) is 0 Å². The Labute approximate surface area is 139 Å². The standard InChI is InChI=1S/C15H15Cl3N2O/c1-2-19-7-11-5-12(16)6-13(17)15(11)21-9-10-3-4-20-8-14(10)18/h3-6,8,19H,2,7,9H2,1H3. The number of ether oxygens (including phenoxy) is 1. The second-order valence-corrected chi connectivity index (χ2v) is 5.66. The normalized spacial score (nSPS) is 10.7. The zero-order valence-corrected chi connectivity index (χ0v) is 13.8. The van der Waals surface area contributed by atoms with E-state index in [1.807, 2.05) is 19.1 Å². The fourth-order valence-corrected chi connectivity index (χ4v) is 2.60. The van der Waals surface area contributed by atoms with E-state index in [0.717, 1.165) is 17.7 Å². The molecule has 0 aliphatic heterocycles. The first-order valence-electron chi connectivity index (χ1n) is 6.51. The number of hydrogen-bond donors (Lipinski definition) is 1. The zero-order chi connectivity index (χ0) is 15.2. The van der Waals surface area contributed by atoms with Crippen molar-refractivity contribution in [1.82, 2.24) is 10.3 Å². The highest BCUT2D eigenvalue weighted by Crippen LogP contribution is 2.33. The van der Waals surface area contributed by atoms with Gasteiger partial charge in [0.05, 0.1) is 10.0 Å². The van der Waals surface area contributed by atoms with Crippen molar-refractivity contribution in [3.05, 3.63) is 56.8 Å². The van der Waals surface area contributed by atoms with Gasteiger partial charge in [-0.15, -0.1) is 0 Å². The summed E-state index contributed by atoms with van der Waals surface area (Å²) in [5.74, 6) is 0.620. The quantitative estimate of drug-likeness (QED) is 0.822. The minimum Gasteiger partial charge on any atom is -0.487 e. The lowest BCUT2D eigenvalue weighted by molar-refractivity contribution is 0.302. The molecule has 6 heteroatoms. The van der Waals surface area contributed by atoms with Crippen LogP contribution in [0.4, 0.5) is 0 Å². The number of pyridine rings is 1. The number of nitrogens with zero attached hydrogens (tertiary/aromatic N) is 1. The summed E-state index contributed by atoms with van der Waals surface area (Å²) in [6, 6.07) is 5.33. The minimum absolute atomic E-state index is 0.321. The third kappa shape index (κ3) is 4.48. The van der Waals surface area contributed by atoms with E-state index in [4.69, 9.17) is 39.5 Å². The summed E-state index contributed by atoms with van der Waals surface area (Å²) in [6.45, 7) is 3.83. The number of nitrogens with one attached hydrogen (secondary N) is 1. The maximum absolute atomic E-state index is 6.24. The summed E-state index contributed by atoms with van der Waals surface area (Å²) in [7, 11) is 0. The van der Waals surface area contributed by atoms with Gasteiger partial charge in [-0.1, -0.05) is 41.7 Å². The van der Waals surface area contributed by atoms with Crippen LogP contribution in [0.25, 0.3) is 0 Å². The van der Waals surface area contributed by atoms with Gasteiger partial charge < -0.3 is 10.1 Å². The first kappa shape index (κ1) is 16.4. The van der Waals surface area contributed by atoms with Gasteiger partial charge in [0.15, 0.2) is 0 Å². The van der Waals surface area contributed by atoms with E-state index >= 15 is 0 Å². The Morgan fingerprint density at radius 1 is 1.14 bits per heavy atom. The fourth-order valence-electron chi connectivity index (χ4n) is 1.84. The second kappa shape index (κ2) is 7.85. The van der Waals surface area contributed by atoms with Crippen LogP contribution in [-0.4, -0.2) is 11.5 Å². The van der Waals surface area contributed by atoms with Gasteiger partial charge in [0.2, 0.25) is 0 Å². The Bertz CT molecular complexity index is 620. The monoisotopic (exact) mass is 344 g/mol. The minimum atomic E-state index is 0.321. The molecule has 0 aliphatic carbocycles. The van der Waals surface area contributed by atoms with Gasteiger partial charge in [-0.25, -0.2) is 0 Å². The average molecular weight is 346 g/mol. The Morgan fingerprint density at radius 2 is 1.95 bits per heavy atom. The van der Waals surface area contributed by atoms with E-state index in [2.05, 4.69) is 10.3 Å². The molecule has 0 aliphatic rings. The van der Waals surface area contributed by atoms with E-state index in [1.54, 1.807) is 18.5 Å². The number of halogens is 3. The SMILES string of the molecule is CCNCc1cc(Cl)cc(Cl)c1OCc1ccncc1Cl. The molecule has 112 valence electrons. The Hall–Kier alpha value is -1.00. The van der Waals surface area contributed by atoms with E-state index < -0.39 is 0 Å². The van der Waals surface area contributed by atoms with Crippen molar-refractivity contribution in [3.63, 3.8) is 0 Å². The zero-order valence-electron chi connectivity index (χ0n) is 11.5. The van der Waals surface area contributed by atoms with Crippen LogP contribution in [-0.2, 0) is 13.2 Å². The number of rotatable bonds is 6. The molecule has 0 atom stereocenters. The summed E-state index contributed by atoms with van der Waals surface area (Å²) >= 11 is 18.4. The first-order valence-corrected chi connectivity index (χ1v) is 7.65. The van der Waals surface area contributed by atoms with Gasteiger partial charge in [-0.05, 0) is 24.7 Å². The molecule has 0 unspecified atom stereocenters. The first-order chi connectivity index (χ1) is 10.1. The van der Waals surface area contributed by atoms with Crippen LogP contribution in [0.15, 0.2) is 30.6 Å². The van der Waals surface area contributed by atoms with Gasteiger partial charge in [-0.2, -0.15) is 0 Å².